The maximum absolute atomic E-state index is 6.42. The molecule has 0 bridgehead atoms. The summed E-state index contributed by atoms with van der Waals surface area (Å²) in [7, 11) is 0. The summed E-state index contributed by atoms with van der Waals surface area (Å²) in [5.74, 6) is 0.834. The molecule has 0 spiro atoms. The summed E-state index contributed by atoms with van der Waals surface area (Å²) >= 11 is 3.49. The third-order valence-corrected chi connectivity index (χ3v) is 4.45. The highest BCUT2D eigenvalue weighted by Crippen LogP contribution is 2.35. The molecule has 1 aromatic heterocycles. The van der Waals surface area contributed by atoms with Crippen LogP contribution in [0.2, 0.25) is 0 Å². The van der Waals surface area contributed by atoms with E-state index in [1.807, 2.05) is 6.07 Å². The average molecular weight is 303 g/mol. The van der Waals surface area contributed by atoms with Crippen LogP contribution in [0.5, 0.6) is 0 Å². The summed E-state index contributed by atoms with van der Waals surface area (Å²) < 4.78 is 6.47. The van der Waals surface area contributed by atoms with Crippen molar-refractivity contribution in [3.8, 4) is 0 Å². The van der Waals surface area contributed by atoms with Gasteiger partial charge in [0.2, 0.25) is 0 Å². The van der Waals surface area contributed by atoms with E-state index in [0.29, 0.717) is 0 Å². The molecule has 0 amide bonds. The number of halogens is 1. The molecule has 0 aliphatic rings. The molecule has 1 aromatic rings. The molecule has 0 saturated heterocycles. The summed E-state index contributed by atoms with van der Waals surface area (Å²) in [6, 6.07) is 1.77. The molecule has 1 rings (SSSR count). The van der Waals surface area contributed by atoms with Crippen molar-refractivity contribution in [1.29, 1.82) is 0 Å². The lowest BCUT2D eigenvalue weighted by Gasteiger charge is -2.43. The van der Waals surface area contributed by atoms with E-state index in [4.69, 9.17) is 10.2 Å². The molecule has 1 heterocycles. The molecule has 0 saturated carbocycles. The fraction of sp³-hybridized carbons (Fsp3) is 0.692. The van der Waals surface area contributed by atoms with Gasteiger partial charge in [0.15, 0.2) is 0 Å². The lowest BCUT2D eigenvalue weighted by atomic mass is 9.86. The van der Waals surface area contributed by atoms with Crippen molar-refractivity contribution >= 4 is 15.9 Å². The van der Waals surface area contributed by atoms with Gasteiger partial charge >= 0.3 is 0 Å². The summed E-state index contributed by atoms with van der Waals surface area (Å²) in [6.07, 6.45) is 2.67. The van der Waals surface area contributed by atoms with Gasteiger partial charge in [0.05, 0.1) is 16.8 Å². The number of nitrogens with two attached hydrogens (primary N) is 1. The third-order valence-electron chi connectivity index (χ3n) is 3.80. The van der Waals surface area contributed by atoms with E-state index in [0.717, 1.165) is 29.7 Å². The van der Waals surface area contributed by atoms with Crippen LogP contribution in [0.3, 0.4) is 0 Å². The van der Waals surface area contributed by atoms with Gasteiger partial charge in [-0.05, 0) is 48.4 Å². The normalized spacial score (nSPS) is 17.1. The van der Waals surface area contributed by atoms with Crippen molar-refractivity contribution in [3.05, 3.63) is 22.6 Å². The predicted octanol–water partition coefficient (Wildman–Crippen LogP) is 3.55. The minimum absolute atomic E-state index is 0.0795. The highest BCUT2D eigenvalue weighted by molar-refractivity contribution is 9.10. The second-order valence-corrected chi connectivity index (χ2v) is 5.35. The van der Waals surface area contributed by atoms with Gasteiger partial charge in [0, 0.05) is 5.54 Å². The molecular weight excluding hydrogens is 280 g/mol. The van der Waals surface area contributed by atoms with Crippen molar-refractivity contribution in [2.75, 3.05) is 13.1 Å². The molecule has 3 nitrogen and oxygen atoms in total. The zero-order valence-corrected chi connectivity index (χ0v) is 12.8. The SMILES string of the molecule is CCN(CC)C(C)(CC)C(N)c1occc1Br. The first kappa shape index (κ1) is 14.7. The molecule has 2 unspecified atom stereocenters. The van der Waals surface area contributed by atoms with Gasteiger partial charge in [-0.3, -0.25) is 4.90 Å². The Kier molecular flexibility index (Phi) is 5.22. The number of rotatable bonds is 6. The van der Waals surface area contributed by atoms with Crippen LogP contribution in [0.25, 0.3) is 0 Å². The fourth-order valence-corrected chi connectivity index (χ4v) is 2.84. The Morgan fingerprint density at radius 2 is 2.00 bits per heavy atom. The van der Waals surface area contributed by atoms with Gasteiger partial charge in [-0.25, -0.2) is 0 Å². The van der Waals surface area contributed by atoms with Crippen LogP contribution in [-0.4, -0.2) is 23.5 Å². The van der Waals surface area contributed by atoms with E-state index in [1.165, 1.54) is 0 Å². The standard InChI is InChI=1S/C13H23BrN2O/c1-5-13(4,16(6-2)7-3)12(15)11-10(14)8-9-17-11/h8-9,12H,5-7,15H2,1-4H3. The van der Waals surface area contributed by atoms with Gasteiger partial charge in [0.25, 0.3) is 0 Å². The van der Waals surface area contributed by atoms with Gasteiger partial charge < -0.3 is 10.2 Å². The Labute approximate surface area is 112 Å². The minimum Gasteiger partial charge on any atom is -0.466 e. The number of hydrogen-bond donors (Lipinski definition) is 1. The largest absolute Gasteiger partial charge is 0.466 e. The molecule has 0 radical (unpaired) electrons. The lowest BCUT2D eigenvalue weighted by molar-refractivity contribution is 0.0764. The Hall–Kier alpha value is -0.320. The zero-order chi connectivity index (χ0) is 13.1. The van der Waals surface area contributed by atoms with E-state index in [9.17, 15) is 0 Å². The second kappa shape index (κ2) is 6.03. The van der Waals surface area contributed by atoms with Crippen LogP contribution >= 0.6 is 15.9 Å². The summed E-state index contributed by atoms with van der Waals surface area (Å²) in [5, 5.41) is 0. The van der Waals surface area contributed by atoms with E-state index in [1.54, 1.807) is 6.26 Å². The summed E-state index contributed by atoms with van der Waals surface area (Å²) in [4.78, 5) is 2.40. The van der Waals surface area contributed by atoms with Crippen molar-refractivity contribution in [2.24, 2.45) is 5.73 Å². The first-order valence-corrected chi connectivity index (χ1v) is 7.04. The summed E-state index contributed by atoms with van der Waals surface area (Å²) in [5.41, 5.74) is 6.34. The van der Waals surface area contributed by atoms with Crippen LogP contribution in [0.1, 0.15) is 45.9 Å². The van der Waals surface area contributed by atoms with Crippen LogP contribution in [0.4, 0.5) is 0 Å². The zero-order valence-electron chi connectivity index (χ0n) is 11.2. The first-order valence-electron chi connectivity index (χ1n) is 6.24. The highest BCUT2D eigenvalue weighted by atomic mass is 79.9. The smallest absolute Gasteiger partial charge is 0.136 e. The molecule has 2 N–H and O–H groups in total. The van der Waals surface area contributed by atoms with Gasteiger partial charge in [-0.15, -0.1) is 0 Å². The van der Waals surface area contributed by atoms with Crippen molar-refractivity contribution in [2.45, 2.75) is 45.7 Å². The summed E-state index contributed by atoms with van der Waals surface area (Å²) in [6.45, 7) is 10.7. The maximum Gasteiger partial charge on any atom is 0.136 e. The molecule has 98 valence electrons. The maximum atomic E-state index is 6.42. The second-order valence-electron chi connectivity index (χ2n) is 4.49. The van der Waals surface area contributed by atoms with Crippen LogP contribution < -0.4 is 5.73 Å². The number of likely N-dealkylation sites (N-methyl/N-ethyl adjacent to an activating group) is 1. The highest BCUT2D eigenvalue weighted by Gasteiger charge is 2.38. The van der Waals surface area contributed by atoms with Crippen molar-refractivity contribution in [1.82, 2.24) is 4.90 Å². The van der Waals surface area contributed by atoms with Crippen LogP contribution in [-0.2, 0) is 0 Å². The van der Waals surface area contributed by atoms with E-state index in [2.05, 4.69) is 48.5 Å². The molecule has 0 fully saturated rings. The van der Waals surface area contributed by atoms with Crippen molar-refractivity contribution in [3.63, 3.8) is 0 Å². The Morgan fingerprint density at radius 3 is 2.35 bits per heavy atom. The van der Waals surface area contributed by atoms with Crippen LogP contribution in [0.15, 0.2) is 21.2 Å². The van der Waals surface area contributed by atoms with E-state index < -0.39 is 0 Å². The van der Waals surface area contributed by atoms with Gasteiger partial charge in [-0.1, -0.05) is 20.8 Å². The van der Waals surface area contributed by atoms with Crippen LogP contribution in [0, 0.1) is 0 Å². The van der Waals surface area contributed by atoms with Gasteiger partial charge in [-0.2, -0.15) is 0 Å². The number of furan rings is 1. The molecule has 0 aliphatic heterocycles. The Bertz CT molecular complexity index is 349. The lowest BCUT2D eigenvalue weighted by Crippen LogP contribution is -2.52. The Balaban J connectivity index is 3.04. The van der Waals surface area contributed by atoms with Crippen molar-refractivity contribution < 1.29 is 4.42 Å². The topological polar surface area (TPSA) is 42.4 Å². The molecule has 0 aromatic carbocycles. The van der Waals surface area contributed by atoms with Gasteiger partial charge in [0.1, 0.15) is 5.76 Å². The fourth-order valence-electron chi connectivity index (χ4n) is 2.40. The molecule has 17 heavy (non-hydrogen) atoms. The predicted molar refractivity (Wildman–Crippen MR) is 75.0 cm³/mol. The molecule has 4 heteroatoms. The quantitative estimate of drug-likeness (QED) is 0.874. The average Bonchev–Trinajstić information content (AvgIpc) is 2.75. The molecule has 2 atom stereocenters. The van der Waals surface area contributed by atoms with E-state index in [-0.39, 0.29) is 11.6 Å². The van der Waals surface area contributed by atoms with E-state index >= 15 is 0 Å². The number of nitrogens with zero attached hydrogens (tertiary/aromatic N) is 1. The minimum atomic E-state index is -0.128. The molecular formula is C13H23BrN2O. The molecule has 0 aliphatic carbocycles. The third kappa shape index (κ3) is 2.75. The number of hydrogen-bond acceptors (Lipinski definition) is 3. The Morgan fingerprint density at radius 1 is 1.41 bits per heavy atom. The monoisotopic (exact) mass is 302 g/mol. The first-order chi connectivity index (χ1) is 8.01.